The Labute approximate surface area is 483 Å². The fraction of sp³-hybridized carbons (Fsp3) is 0.972. The van der Waals surface area contributed by atoms with Crippen molar-refractivity contribution in [1.29, 1.82) is 0 Å². The molecule has 6 nitrogen and oxygen atoms in total. The number of ether oxygens (including phenoxy) is 1. The van der Waals surface area contributed by atoms with Crippen molar-refractivity contribution in [2.24, 2.45) is 0 Å². The Morgan fingerprint density at radius 2 is 0.532 bits per heavy atom. The molecular weight excluding hydrogens is 947 g/mol. The summed E-state index contributed by atoms with van der Waals surface area (Å²) < 4.78 is 5.51. The summed E-state index contributed by atoms with van der Waals surface area (Å²) in [5.41, 5.74) is 0. The molecule has 0 aromatic carbocycles. The first-order valence-corrected chi connectivity index (χ1v) is 35.8. The van der Waals surface area contributed by atoms with Crippen molar-refractivity contribution in [2.45, 2.75) is 431 Å². The summed E-state index contributed by atoms with van der Waals surface area (Å²) in [6, 6.07) is -0.534. The second-order valence-corrected chi connectivity index (χ2v) is 24.9. The molecular formula is C71H141NO5. The Bertz CT molecular complexity index is 1120. The van der Waals surface area contributed by atoms with Gasteiger partial charge in [0.2, 0.25) is 5.91 Å². The Balaban J connectivity index is 3.25. The van der Waals surface area contributed by atoms with E-state index in [9.17, 15) is 19.8 Å². The quantitative estimate of drug-likeness (QED) is 0.0417. The number of aliphatic hydroxyl groups excluding tert-OH is 2. The summed E-state index contributed by atoms with van der Waals surface area (Å²) in [4.78, 5) is 24.5. The van der Waals surface area contributed by atoms with Gasteiger partial charge < -0.3 is 20.3 Å². The first kappa shape index (κ1) is 75.9. The molecule has 0 spiro atoms. The first-order chi connectivity index (χ1) is 38.0. The monoisotopic (exact) mass is 1090 g/mol. The lowest BCUT2D eigenvalue weighted by Crippen LogP contribution is -2.45. The number of hydrogen-bond acceptors (Lipinski definition) is 5. The number of nitrogens with one attached hydrogen (secondary N) is 1. The van der Waals surface area contributed by atoms with Gasteiger partial charge in [-0.15, -0.1) is 0 Å². The van der Waals surface area contributed by atoms with E-state index in [1.165, 1.54) is 347 Å². The van der Waals surface area contributed by atoms with Crippen LogP contribution in [0.5, 0.6) is 0 Å². The fourth-order valence-corrected chi connectivity index (χ4v) is 11.7. The van der Waals surface area contributed by atoms with Crippen LogP contribution in [0.3, 0.4) is 0 Å². The third-order valence-electron chi connectivity index (χ3n) is 17.2. The van der Waals surface area contributed by atoms with Crippen LogP contribution in [-0.2, 0) is 14.3 Å². The SMILES string of the molecule is CCCCCCCCCCCCCCCCCCC(=O)OCCCCCCCCCCCCCCCCCCCCCCCCCCCCCCCCCCCCCC(=O)NC(CO)C(O)CCCCCCCCCCC. The van der Waals surface area contributed by atoms with Crippen LogP contribution < -0.4 is 5.32 Å². The number of amides is 1. The van der Waals surface area contributed by atoms with Gasteiger partial charge in [-0.3, -0.25) is 9.59 Å². The molecule has 2 atom stereocenters. The van der Waals surface area contributed by atoms with Crippen LogP contribution in [0.1, 0.15) is 418 Å². The maximum absolute atomic E-state index is 12.4. The smallest absolute Gasteiger partial charge is 0.305 e. The van der Waals surface area contributed by atoms with Crippen molar-refractivity contribution in [1.82, 2.24) is 5.32 Å². The lowest BCUT2D eigenvalue weighted by Gasteiger charge is -2.22. The average Bonchev–Trinajstić information content (AvgIpc) is 3.43. The van der Waals surface area contributed by atoms with Gasteiger partial charge in [0.05, 0.1) is 25.4 Å². The Hall–Kier alpha value is -1.14. The highest BCUT2D eigenvalue weighted by Gasteiger charge is 2.20. The van der Waals surface area contributed by atoms with E-state index < -0.39 is 12.1 Å². The third-order valence-corrected chi connectivity index (χ3v) is 17.2. The van der Waals surface area contributed by atoms with Crippen molar-refractivity contribution in [3.05, 3.63) is 0 Å². The molecule has 0 rings (SSSR count). The molecule has 0 fully saturated rings. The molecule has 460 valence electrons. The molecule has 2 unspecified atom stereocenters. The molecule has 1 amide bonds. The van der Waals surface area contributed by atoms with Crippen molar-refractivity contribution in [3.8, 4) is 0 Å². The number of rotatable bonds is 68. The molecule has 6 heteroatoms. The number of carbonyl (C=O) groups excluding carboxylic acids is 2. The molecule has 3 N–H and O–H groups in total. The van der Waals surface area contributed by atoms with E-state index in [0.717, 1.165) is 38.5 Å². The number of unbranched alkanes of at least 4 members (excludes halogenated alkanes) is 57. The summed E-state index contributed by atoms with van der Waals surface area (Å²) in [6.45, 7) is 4.98. The molecule has 0 aromatic rings. The topological polar surface area (TPSA) is 95.9 Å². The second-order valence-electron chi connectivity index (χ2n) is 24.9. The van der Waals surface area contributed by atoms with Crippen LogP contribution >= 0.6 is 0 Å². The van der Waals surface area contributed by atoms with Crippen molar-refractivity contribution in [3.63, 3.8) is 0 Å². The normalized spacial score (nSPS) is 12.4. The molecule has 0 aliphatic carbocycles. The molecule has 0 radical (unpaired) electrons. The van der Waals surface area contributed by atoms with Gasteiger partial charge in [-0.1, -0.05) is 380 Å². The van der Waals surface area contributed by atoms with Gasteiger partial charge in [0.1, 0.15) is 0 Å². The number of aliphatic hydroxyl groups is 2. The predicted molar refractivity (Wildman–Crippen MR) is 338 cm³/mol. The lowest BCUT2D eigenvalue weighted by molar-refractivity contribution is -0.143. The van der Waals surface area contributed by atoms with E-state index in [-0.39, 0.29) is 18.5 Å². The van der Waals surface area contributed by atoms with Crippen LogP contribution in [-0.4, -0.2) is 47.4 Å². The number of esters is 1. The molecule has 0 saturated carbocycles. The van der Waals surface area contributed by atoms with Crippen molar-refractivity contribution >= 4 is 11.9 Å². The van der Waals surface area contributed by atoms with E-state index >= 15 is 0 Å². The number of carbonyl (C=O) groups is 2. The van der Waals surface area contributed by atoms with E-state index in [0.29, 0.717) is 25.9 Å². The molecule has 0 heterocycles. The second kappa shape index (κ2) is 67.4. The highest BCUT2D eigenvalue weighted by atomic mass is 16.5. The molecule has 0 bridgehead atoms. The standard InChI is InChI=1S/C71H141NO5/c1-3-5-7-9-11-13-14-15-16-39-42-45-49-53-57-61-65-71(76)77-66-62-58-54-50-46-43-40-37-35-33-31-29-27-25-23-21-19-17-18-20-22-24-26-28-30-32-34-36-38-41-44-48-52-56-60-64-70(75)72-68(67-73)69(74)63-59-55-51-47-12-10-8-6-4-2/h68-69,73-74H,3-67H2,1-2H3,(H,72,75). The Morgan fingerprint density at radius 1 is 0.312 bits per heavy atom. The van der Waals surface area contributed by atoms with Gasteiger partial charge >= 0.3 is 5.97 Å². The van der Waals surface area contributed by atoms with Crippen LogP contribution in [0.15, 0.2) is 0 Å². The largest absolute Gasteiger partial charge is 0.466 e. The van der Waals surface area contributed by atoms with Gasteiger partial charge in [0.15, 0.2) is 0 Å². The summed E-state index contributed by atoms with van der Waals surface area (Å²) in [7, 11) is 0. The third kappa shape index (κ3) is 63.9. The van der Waals surface area contributed by atoms with E-state index in [1.807, 2.05) is 0 Å². The Morgan fingerprint density at radius 3 is 0.792 bits per heavy atom. The van der Waals surface area contributed by atoms with Crippen LogP contribution in [0.25, 0.3) is 0 Å². The Kier molecular flexibility index (Phi) is 66.4. The first-order valence-electron chi connectivity index (χ1n) is 35.8. The van der Waals surface area contributed by atoms with E-state index in [1.54, 1.807) is 0 Å². The van der Waals surface area contributed by atoms with Gasteiger partial charge in [0.25, 0.3) is 0 Å². The van der Waals surface area contributed by atoms with Gasteiger partial charge in [-0.05, 0) is 25.7 Å². The average molecular weight is 1090 g/mol. The van der Waals surface area contributed by atoms with Gasteiger partial charge in [0, 0.05) is 12.8 Å². The highest BCUT2D eigenvalue weighted by Crippen LogP contribution is 2.20. The summed E-state index contributed by atoms with van der Waals surface area (Å²) in [6.07, 6.45) is 81.9. The van der Waals surface area contributed by atoms with Crippen LogP contribution in [0.4, 0.5) is 0 Å². The summed E-state index contributed by atoms with van der Waals surface area (Å²) in [5, 5.41) is 23.1. The van der Waals surface area contributed by atoms with Crippen LogP contribution in [0, 0.1) is 0 Å². The van der Waals surface area contributed by atoms with Crippen molar-refractivity contribution in [2.75, 3.05) is 13.2 Å². The zero-order chi connectivity index (χ0) is 55.7. The van der Waals surface area contributed by atoms with E-state index in [2.05, 4.69) is 19.2 Å². The molecule has 0 aromatic heterocycles. The zero-order valence-corrected chi connectivity index (χ0v) is 52.7. The minimum absolute atomic E-state index is 0.0271. The molecule has 0 aliphatic rings. The summed E-state index contributed by atoms with van der Waals surface area (Å²) in [5.74, 6) is -0.00249. The molecule has 0 saturated heterocycles. The van der Waals surface area contributed by atoms with E-state index in [4.69, 9.17) is 4.74 Å². The maximum Gasteiger partial charge on any atom is 0.305 e. The van der Waals surface area contributed by atoms with Gasteiger partial charge in [-0.25, -0.2) is 0 Å². The van der Waals surface area contributed by atoms with Crippen molar-refractivity contribution < 1.29 is 24.5 Å². The number of hydrogen-bond donors (Lipinski definition) is 3. The van der Waals surface area contributed by atoms with Crippen LogP contribution in [0.2, 0.25) is 0 Å². The maximum atomic E-state index is 12.4. The van der Waals surface area contributed by atoms with Gasteiger partial charge in [-0.2, -0.15) is 0 Å². The predicted octanol–water partition coefficient (Wildman–Crippen LogP) is 23.0. The lowest BCUT2D eigenvalue weighted by atomic mass is 10.0. The molecule has 77 heavy (non-hydrogen) atoms. The minimum Gasteiger partial charge on any atom is -0.466 e. The molecule has 0 aliphatic heterocycles. The highest BCUT2D eigenvalue weighted by molar-refractivity contribution is 5.76. The minimum atomic E-state index is -0.657. The summed E-state index contributed by atoms with van der Waals surface area (Å²) >= 11 is 0. The zero-order valence-electron chi connectivity index (χ0n) is 52.7. The fourth-order valence-electron chi connectivity index (χ4n) is 11.7.